The van der Waals surface area contributed by atoms with Crippen LogP contribution in [-0.4, -0.2) is 22.0 Å². The SMILES string of the molecule is CCc1cccc(C)c1NC(=O)c1ccnc(Nc2ccccc2OC(C)C)n1. The minimum absolute atomic E-state index is 0.0397. The normalized spacial score (nSPS) is 10.7. The van der Waals surface area contributed by atoms with Gasteiger partial charge in [-0.05, 0) is 56.5 Å². The van der Waals surface area contributed by atoms with Crippen LogP contribution < -0.4 is 15.4 Å². The lowest BCUT2D eigenvalue weighted by Crippen LogP contribution is -2.16. The summed E-state index contributed by atoms with van der Waals surface area (Å²) in [5, 5.41) is 6.14. The van der Waals surface area contributed by atoms with E-state index in [0.717, 1.165) is 28.9 Å². The van der Waals surface area contributed by atoms with E-state index in [2.05, 4.69) is 27.5 Å². The first-order chi connectivity index (χ1) is 14.0. The lowest BCUT2D eigenvalue weighted by atomic mass is 10.1. The molecule has 0 bridgehead atoms. The molecule has 0 aliphatic heterocycles. The number of aryl methyl sites for hydroxylation is 2. The van der Waals surface area contributed by atoms with Crippen LogP contribution in [0.15, 0.2) is 54.7 Å². The van der Waals surface area contributed by atoms with E-state index >= 15 is 0 Å². The Morgan fingerprint density at radius 3 is 2.66 bits per heavy atom. The van der Waals surface area contributed by atoms with Crippen molar-refractivity contribution in [2.24, 2.45) is 0 Å². The van der Waals surface area contributed by atoms with E-state index in [-0.39, 0.29) is 17.7 Å². The van der Waals surface area contributed by atoms with E-state index in [4.69, 9.17) is 4.74 Å². The van der Waals surface area contributed by atoms with Gasteiger partial charge in [0.2, 0.25) is 5.95 Å². The van der Waals surface area contributed by atoms with Crippen LogP contribution in [0.25, 0.3) is 0 Å². The molecule has 6 nitrogen and oxygen atoms in total. The molecule has 2 N–H and O–H groups in total. The molecule has 3 rings (SSSR count). The quantitative estimate of drug-likeness (QED) is 0.585. The molecule has 0 spiro atoms. The van der Waals surface area contributed by atoms with Crippen molar-refractivity contribution < 1.29 is 9.53 Å². The maximum absolute atomic E-state index is 12.8. The van der Waals surface area contributed by atoms with Crippen LogP contribution in [0, 0.1) is 6.92 Å². The Bertz CT molecular complexity index is 1000. The first-order valence-corrected chi connectivity index (χ1v) is 9.73. The second kappa shape index (κ2) is 9.19. The molecule has 0 atom stereocenters. The fraction of sp³-hybridized carbons (Fsp3) is 0.261. The number of carbonyl (C=O) groups is 1. The van der Waals surface area contributed by atoms with Crippen LogP contribution in [0.4, 0.5) is 17.3 Å². The minimum atomic E-state index is -0.272. The molecule has 0 aliphatic rings. The zero-order chi connectivity index (χ0) is 20.8. The predicted molar refractivity (Wildman–Crippen MR) is 116 cm³/mol. The molecular formula is C23H26N4O2. The van der Waals surface area contributed by atoms with Gasteiger partial charge in [0.05, 0.1) is 11.8 Å². The highest BCUT2D eigenvalue weighted by Crippen LogP contribution is 2.27. The van der Waals surface area contributed by atoms with Crippen LogP contribution >= 0.6 is 0 Å². The molecule has 150 valence electrons. The van der Waals surface area contributed by atoms with Gasteiger partial charge in [0.1, 0.15) is 11.4 Å². The summed E-state index contributed by atoms with van der Waals surface area (Å²) in [7, 11) is 0. The average Bonchev–Trinajstić information content (AvgIpc) is 2.70. The van der Waals surface area contributed by atoms with E-state index in [1.54, 1.807) is 12.3 Å². The lowest BCUT2D eigenvalue weighted by molar-refractivity contribution is 0.102. The third-order valence-corrected chi connectivity index (χ3v) is 4.36. The first kappa shape index (κ1) is 20.3. The van der Waals surface area contributed by atoms with Gasteiger partial charge in [0.25, 0.3) is 5.91 Å². The fourth-order valence-corrected chi connectivity index (χ4v) is 2.97. The van der Waals surface area contributed by atoms with E-state index in [1.807, 2.05) is 63.2 Å². The number of hydrogen-bond donors (Lipinski definition) is 2. The highest BCUT2D eigenvalue weighted by molar-refractivity contribution is 6.03. The highest BCUT2D eigenvalue weighted by Gasteiger charge is 2.14. The molecule has 1 aromatic heterocycles. The lowest BCUT2D eigenvalue weighted by Gasteiger charge is -2.15. The van der Waals surface area contributed by atoms with Gasteiger partial charge in [-0.1, -0.05) is 37.3 Å². The molecule has 1 amide bonds. The van der Waals surface area contributed by atoms with Gasteiger partial charge in [-0.3, -0.25) is 4.79 Å². The average molecular weight is 390 g/mol. The van der Waals surface area contributed by atoms with Crippen molar-refractivity contribution in [3.8, 4) is 5.75 Å². The number of rotatable bonds is 7. The topological polar surface area (TPSA) is 76.1 Å². The third kappa shape index (κ3) is 5.10. The van der Waals surface area contributed by atoms with E-state index in [9.17, 15) is 4.79 Å². The maximum Gasteiger partial charge on any atom is 0.274 e. The molecule has 0 fully saturated rings. The van der Waals surface area contributed by atoms with Crippen molar-refractivity contribution in [3.63, 3.8) is 0 Å². The van der Waals surface area contributed by atoms with Crippen molar-refractivity contribution in [2.45, 2.75) is 40.2 Å². The Kier molecular flexibility index (Phi) is 6.44. The number of benzene rings is 2. The maximum atomic E-state index is 12.8. The summed E-state index contributed by atoms with van der Waals surface area (Å²) < 4.78 is 5.82. The van der Waals surface area contributed by atoms with Crippen LogP contribution in [0.2, 0.25) is 0 Å². The van der Waals surface area contributed by atoms with E-state index in [0.29, 0.717) is 11.7 Å². The Hall–Kier alpha value is -3.41. The third-order valence-electron chi connectivity index (χ3n) is 4.36. The van der Waals surface area contributed by atoms with Gasteiger partial charge < -0.3 is 15.4 Å². The Labute approximate surface area is 171 Å². The molecule has 1 heterocycles. The summed E-state index contributed by atoms with van der Waals surface area (Å²) in [6, 6.07) is 15.2. The van der Waals surface area contributed by atoms with Gasteiger partial charge in [0, 0.05) is 11.9 Å². The van der Waals surface area contributed by atoms with Crippen molar-refractivity contribution in [1.82, 2.24) is 9.97 Å². The molecule has 29 heavy (non-hydrogen) atoms. The fourth-order valence-electron chi connectivity index (χ4n) is 2.97. The summed E-state index contributed by atoms with van der Waals surface area (Å²) in [6.07, 6.45) is 2.44. The van der Waals surface area contributed by atoms with E-state index in [1.165, 1.54) is 0 Å². The molecule has 0 radical (unpaired) electrons. The van der Waals surface area contributed by atoms with Gasteiger partial charge in [-0.15, -0.1) is 0 Å². The molecular weight excluding hydrogens is 364 g/mol. The number of hydrogen-bond acceptors (Lipinski definition) is 5. The van der Waals surface area contributed by atoms with Crippen molar-refractivity contribution >= 4 is 23.2 Å². The number of carbonyl (C=O) groups excluding carboxylic acids is 1. The summed E-state index contributed by atoms with van der Waals surface area (Å²) >= 11 is 0. The molecule has 0 saturated heterocycles. The summed E-state index contributed by atoms with van der Waals surface area (Å²) in [6.45, 7) is 7.98. The van der Waals surface area contributed by atoms with Gasteiger partial charge in [0.15, 0.2) is 0 Å². The molecule has 0 unspecified atom stereocenters. The smallest absolute Gasteiger partial charge is 0.274 e. The molecule has 6 heteroatoms. The number of aromatic nitrogens is 2. The monoisotopic (exact) mass is 390 g/mol. The number of amides is 1. The molecule has 0 saturated carbocycles. The van der Waals surface area contributed by atoms with Crippen LogP contribution in [0.5, 0.6) is 5.75 Å². The van der Waals surface area contributed by atoms with Crippen LogP contribution in [0.1, 0.15) is 42.4 Å². The second-order valence-corrected chi connectivity index (χ2v) is 6.97. The minimum Gasteiger partial charge on any atom is -0.489 e. The van der Waals surface area contributed by atoms with Gasteiger partial charge in [-0.2, -0.15) is 0 Å². The standard InChI is InChI=1S/C23H26N4O2/c1-5-17-10-8-9-16(4)21(17)27-22(28)19-13-14-24-23(26-19)25-18-11-6-7-12-20(18)29-15(2)3/h6-15H,5H2,1-4H3,(H,27,28)(H,24,25,26). The molecule has 2 aromatic carbocycles. The molecule has 3 aromatic rings. The largest absolute Gasteiger partial charge is 0.489 e. The summed E-state index contributed by atoms with van der Waals surface area (Å²) in [4.78, 5) is 21.4. The Balaban J connectivity index is 1.81. The first-order valence-electron chi connectivity index (χ1n) is 9.73. The van der Waals surface area contributed by atoms with Gasteiger partial charge in [-0.25, -0.2) is 9.97 Å². The van der Waals surface area contributed by atoms with Gasteiger partial charge >= 0.3 is 0 Å². The number of nitrogens with one attached hydrogen (secondary N) is 2. The zero-order valence-corrected chi connectivity index (χ0v) is 17.2. The summed E-state index contributed by atoms with van der Waals surface area (Å²) in [5.41, 5.74) is 3.97. The van der Waals surface area contributed by atoms with E-state index < -0.39 is 0 Å². The summed E-state index contributed by atoms with van der Waals surface area (Å²) in [5.74, 6) is 0.762. The zero-order valence-electron chi connectivity index (χ0n) is 17.2. The Morgan fingerprint density at radius 2 is 1.90 bits per heavy atom. The highest BCUT2D eigenvalue weighted by atomic mass is 16.5. The number of para-hydroxylation sites is 3. The van der Waals surface area contributed by atoms with Crippen LogP contribution in [-0.2, 0) is 6.42 Å². The predicted octanol–water partition coefficient (Wildman–Crippen LogP) is 5.13. The second-order valence-electron chi connectivity index (χ2n) is 6.97. The van der Waals surface area contributed by atoms with Crippen molar-refractivity contribution in [2.75, 3.05) is 10.6 Å². The molecule has 0 aliphatic carbocycles. The number of anilines is 3. The number of ether oxygens (including phenoxy) is 1. The number of nitrogens with zero attached hydrogens (tertiary/aromatic N) is 2. The Morgan fingerprint density at radius 1 is 1.10 bits per heavy atom. The van der Waals surface area contributed by atoms with Crippen molar-refractivity contribution in [3.05, 3.63) is 71.5 Å². The van der Waals surface area contributed by atoms with Crippen molar-refractivity contribution in [1.29, 1.82) is 0 Å². The van der Waals surface area contributed by atoms with Crippen LogP contribution in [0.3, 0.4) is 0 Å².